The minimum atomic E-state index is -1.79. The normalized spacial score (nSPS) is 17.4. The van der Waals surface area contributed by atoms with Crippen LogP contribution in [0.15, 0.2) is 0 Å². The second-order valence-electron chi connectivity index (χ2n) is 1.69. The number of aliphatic carboxylic acids is 1. The molecule has 0 aliphatic carbocycles. The Kier molecular flexibility index (Phi) is 1.98. The lowest BCUT2D eigenvalue weighted by Gasteiger charge is -2.13. The van der Waals surface area contributed by atoms with Crippen LogP contribution < -0.4 is 0 Å². The Balaban J connectivity index is 3.91. The highest BCUT2D eigenvalue weighted by Gasteiger charge is 2.26. The summed E-state index contributed by atoms with van der Waals surface area (Å²) in [6, 6.07) is 0. The number of hydrogen-bond acceptors (Lipinski definition) is 2. The van der Waals surface area contributed by atoms with Crippen LogP contribution in [0.2, 0.25) is 0 Å². The molecule has 0 aliphatic rings. The largest absolute Gasteiger partial charge is 0.479 e. The van der Waals surface area contributed by atoms with E-state index in [1.807, 2.05) is 0 Å². The molecule has 0 amide bonds. The van der Waals surface area contributed by atoms with Crippen LogP contribution in [0.5, 0.6) is 0 Å². The minimum Gasteiger partial charge on any atom is -0.479 e. The monoisotopic (exact) mass is 117 g/mol. The molecule has 0 rings (SSSR count). The molecule has 8 heavy (non-hydrogen) atoms. The van der Waals surface area contributed by atoms with Crippen LogP contribution in [0.4, 0.5) is 0 Å². The third kappa shape index (κ3) is 1.50. The summed E-state index contributed by atoms with van der Waals surface area (Å²) in [5, 5.41) is 16.8. The van der Waals surface area contributed by atoms with Gasteiger partial charge in [-0.3, -0.25) is 0 Å². The minimum absolute atomic E-state index is 0.127. The lowest BCUT2D eigenvalue weighted by atomic mass is 10.1. The highest BCUT2D eigenvalue weighted by atomic mass is 16.4. The quantitative estimate of drug-likeness (QED) is 0.537. The highest BCUT2D eigenvalue weighted by Crippen LogP contribution is 2.05. The molecule has 3 nitrogen and oxygen atoms in total. The molecule has 0 aromatic rings. The molecule has 1 radical (unpaired) electrons. The first-order valence-electron chi connectivity index (χ1n) is 2.32. The van der Waals surface area contributed by atoms with Gasteiger partial charge in [0, 0.05) is 0 Å². The fourth-order valence-corrected chi connectivity index (χ4v) is 0.151. The van der Waals surface area contributed by atoms with Crippen molar-refractivity contribution in [2.24, 2.45) is 0 Å². The van der Waals surface area contributed by atoms with Crippen LogP contribution in [0, 0.1) is 6.92 Å². The average Bonchev–Trinajstić information content (AvgIpc) is 1.67. The number of rotatable bonds is 2. The lowest BCUT2D eigenvalue weighted by molar-refractivity contribution is -0.153. The predicted octanol–water partition coefficient (Wildman–Crippen LogP) is 0.0462. The molecule has 0 saturated carbocycles. The lowest BCUT2D eigenvalue weighted by Crippen LogP contribution is -2.33. The molecule has 0 bridgehead atoms. The summed E-state index contributed by atoms with van der Waals surface area (Å²) in [7, 11) is 0. The van der Waals surface area contributed by atoms with Crippen LogP contribution in [-0.2, 0) is 4.79 Å². The third-order valence-electron chi connectivity index (χ3n) is 0.983. The Hall–Kier alpha value is -0.570. The summed E-state index contributed by atoms with van der Waals surface area (Å²) >= 11 is 0. The molecule has 3 heteroatoms. The zero-order valence-corrected chi connectivity index (χ0v) is 4.72. The molecule has 0 saturated heterocycles. The van der Waals surface area contributed by atoms with Crippen molar-refractivity contribution in [1.29, 1.82) is 0 Å². The van der Waals surface area contributed by atoms with E-state index in [9.17, 15) is 4.79 Å². The molecule has 0 aliphatic heterocycles. The Bertz CT molecular complexity index is 95.8. The Morgan fingerprint density at radius 3 is 2.25 bits per heavy atom. The number of carboxylic acids is 1. The van der Waals surface area contributed by atoms with E-state index in [1.54, 1.807) is 6.92 Å². The average molecular weight is 117 g/mol. The molecular formula is C5H9O3. The predicted molar refractivity (Wildman–Crippen MR) is 28.2 cm³/mol. The maximum Gasteiger partial charge on any atom is 0.335 e. The van der Waals surface area contributed by atoms with Crippen LogP contribution in [0.1, 0.15) is 13.3 Å². The first-order chi connectivity index (χ1) is 3.50. The van der Waals surface area contributed by atoms with Crippen LogP contribution in [0.3, 0.4) is 0 Å². The molecule has 47 valence electrons. The van der Waals surface area contributed by atoms with E-state index in [2.05, 4.69) is 6.92 Å². The highest BCUT2D eigenvalue weighted by molar-refractivity contribution is 5.77. The third-order valence-corrected chi connectivity index (χ3v) is 0.983. The van der Waals surface area contributed by atoms with E-state index in [4.69, 9.17) is 10.2 Å². The van der Waals surface area contributed by atoms with Gasteiger partial charge < -0.3 is 10.2 Å². The van der Waals surface area contributed by atoms with Gasteiger partial charge >= 0.3 is 5.97 Å². The van der Waals surface area contributed by atoms with Crippen molar-refractivity contribution in [1.82, 2.24) is 0 Å². The van der Waals surface area contributed by atoms with Crippen molar-refractivity contribution in [2.45, 2.75) is 18.9 Å². The van der Waals surface area contributed by atoms with Crippen molar-refractivity contribution >= 4 is 5.97 Å². The van der Waals surface area contributed by atoms with Gasteiger partial charge in [0.25, 0.3) is 0 Å². The fraction of sp³-hybridized carbons (Fsp3) is 0.600. The van der Waals surface area contributed by atoms with Gasteiger partial charge in [-0.2, -0.15) is 0 Å². The maximum atomic E-state index is 9.94. The van der Waals surface area contributed by atoms with E-state index in [0.29, 0.717) is 0 Å². The summed E-state index contributed by atoms with van der Waals surface area (Å²) in [6.07, 6.45) is 0.127. The van der Waals surface area contributed by atoms with Crippen molar-refractivity contribution in [3.63, 3.8) is 0 Å². The van der Waals surface area contributed by atoms with Gasteiger partial charge in [-0.1, -0.05) is 6.92 Å². The van der Waals surface area contributed by atoms with Crippen molar-refractivity contribution in [3.8, 4) is 0 Å². The smallest absolute Gasteiger partial charge is 0.335 e. The summed E-state index contributed by atoms with van der Waals surface area (Å²) in [5.41, 5.74) is -1.79. The second-order valence-corrected chi connectivity index (χ2v) is 1.69. The summed E-state index contributed by atoms with van der Waals surface area (Å²) in [6.45, 7) is 4.60. The van der Waals surface area contributed by atoms with Gasteiger partial charge in [0.15, 0.2) is 5.60 Å². The van der Waals surface area contributed by atoms with Gasteiger partial charge in [-0.05, 0) is 13.3 Å². The van der Waals surface area contributed by atoms with Crippen LogP contribution in [0.25, 0.3) is 0 Å². The molecular weight excluding hydrogens is 108 g/mol. The standard InChI is InChI=1S/C5H9O3/c1-3-5(2,8)4(6)7/h8H,2-3H2,1H3,(H,6,7). The number of carbonyl (C=O) groups is 1. The topological polar surface area (TPSA) is 57.5 Å². The first kappa shape index (κ1) is 7.43. The molecule has 2 N–H and O–H groups in total. The Morgan fingerprint density at radius 2 is 2.25 bits per heavy atom. The number of aliphatic hydroxyl groups is 1. The van der Waals surface area contributed by atoms with E-state index < -0.39 is 11.6 Å². The van der Waals surface area contributed by atoms with E-state index in [1.165, 1.54) is 0 Å². The summed E-state index contributed by atoms with van der Waals surface area (Å²) in [4.78, 5) is 9.94. The maximum absolute atomic E-state index is 9.94. The Labute approximate surface area is 47.9 Å². The zero-order valence-electron chi connectivity index (χ0n) is 4.72. The zero-order chi connectivity index (χ0) is 6.78. The number of carboxylic acid groups (broad SMARTS) is 1. The van der Waals surface area contributed by atoms with Gasteiger partial charge in [-0.15, -0.1) is 0 Å². The van der Waals surface area contributed by atoms with Gasteiger partial charge in [0.1, 0.15) is 0 Å². The van der Waals surface area contributed by atoms with Crippen LogP contribution in [-0.4, -0.2) is 21.8 Å². The summed E-state index contributed by atoms with van der Waals surface area (Å²) < 4.78 is 0. The molecule has 0 aromatic carbocycles. The van der Waals surface area contributed by atoms with Gasteiger partial charge in [-0.25, -0.2) is 4.79 Å². The first-order valence-corrected chi connectivity index (χ1v) is 2.32. The fourth-order valence-electron chi connectivity index (χ4n) is 0.151. The van der Waals surface area contributed by atoms with E-state index in [-0.39, 0.29) is 6.42 Å². The molecule has 0 fully saturated rings. The molecule has 1 unspecified atom stereocenters. The number of hydrogen-bond donors (Lipinski definition) is 2. The van der Waals surface area contributed by atoms with Crippen LogP contribution >= 0.6 is 0 Å². The summed E-state index contributed by atoms with van der Waals surface area (Å²) in [5.74, 6) is -1.28. The van der Waals surface area contributed by atoms with Crippen molar-refractivity contribution < 1.29 is 15.0 Å². The van der Waals surface area contributed by atoms with E-state index in [0.717, 1.165) is 0 Å². The second kappa shape index (κ2) is 2.13. The van der Waals surface area contributed by atoms with E-state index >= 15 is 0 Å². The molecule has 0 spiro atoms. The SMILES string of the molecule is [CH2]C(O)(CC)C(=O)O. The Morgan fingerprint density at radius 1 is 1.88 bits per heavy atom. The van der Waals surface area contributed by atoms with Crippen molar-refractivity contribution in [2.75, 3.05) is 0 Å². The molecule has 0 aromatic heterocycles. The van der Waals surface area contributed by atoms with Gasteiger partial charge in [0.05, 0.1) is 0 Å². The van der Waals surface area contributed by atoms with Gasteiger partial charge in [0.2, 0.25) is 0 Å². The molecule has 1 atom stereocenters. The molecule has 0 heterocycles. The van der Waals surface area contributed by atoms with Crippen molar-refractivity contribution in [3.05, 3.63) is 6.92 Å².